The van der Waals surface area contributed by atoms with Crippen molar-refractivity contribution in [1.82, 2.24) is 4.98 Å². The lowest BCUT2D eigenvalue weighted by Gasteiger charge is -2.04. The fraction of sp³-hybridized carbons (Fsp3) is 0.231. The van der Waals surface area contributed by atoms with Gasteiger partial charge in [0.1, 0.15) is 0 Å². The molecule has 0 spiro atoms. The third-order valence-corrected chi connectivity index (χ3v) is 3.83. The third-order valence-electron chi connectivity index (χ3n) is 2.67. The molecule has 5 heteroatoms. The molecule has 0 atom stereocenters. The predicted molar refractivity (Wildman–Crippen MR) is 74.9 cm³/mol. The first kappa shape index (κ1) is 12.9. The molecule has 2 rings (SSSR count). The lowest BCUT2D eigenvalue weighted by Crippen LogP contribution is -1.94. The molecule has 18 heavy (non-hydrogen) atoms. The van der Waals surface area contributed by atoms with Crippen LogP contribution in [0.25, 0.3) is 0 Å². The maximum absolute atomic E-state index is 9.09. The van der Waals surface area contributed by atoms with Crippen molar-refractivity contribution < 1.29 is 0 Å². The molecule has 0 radical (unpaired) electrons. The van der Waals surface area contributed by atoms with Crippen LogP contribution in [0.1, 0.15) is 28.6 Å². The van der Waals surface area contributed by atoms with Gasteiger partial charge in [-0.15, -0.1) is 11.3 Å². The highest BCUT2D eigenvalue weighted by atomic mass is 35.5. The number of hydrogen-bond acceptors (Lipinski definition) is 4. The van der Waals surface area contributed by atoms with Crippen molar-refractivity contribution in [1.29, 1.82) is 5.26 Å². The van der Waals surface area contributed by atoms with Crippen molar-refractivity contribution >= 4 is 28.1 Å². The van der Waals surface area contributed by atoms with Crippen molar-refractivity contribution in [2.75, 3.05) is 5.73 Å². The minimum absolute atomic E-state index is 0.572. The van der Waals surface area contributed by atoms with E-state index in [-0.39, 0.29) is 0 Å². The van der Waals surface area contributed by atoms with E-state index >= 15 is 0 Å². The highest BCUT2D eigenvalue weighted by Gasteiger charge is 2.11. The molecule has 2 aromatic rings. The van der Waals surface area contributed by atoms with Gasteiger partial charge in [0.05, 0.1) is 17.3 Å². The number of benzene rings is 1. The number of halogens is 1. The topological polar surface area (TPSA) is 62.7 Å². The van der Waals surface area contributed by atoms with Gasteiger partial charge in [0, 0.05) is 16.3 Å². The molecule has 92 valence electrons. The van der Waals surface area contributed by atoms with Gasteiger partial charge in [0.2, 0.25) is 0 Å². The molecule has 0 saturated carbocycles. The molecule has 1 heterocycles. The van der Waals surface area contributed by atoms with Crippen LogP contribution in [0.5, 0.6) is 0 Å². The molecule has 3 nitrogen and oxygen atoms in total. The minimum Gasteiger partial charge on any atom is -0.375 e. The van der Waals surface area contributed by atoms with E-state index < -0.39 is 0 Å². The van der Waals surface area contributed by atoms with Crippen LogP contribution in [0.15, 0.2) is 18.2 Å². The Labute approximate surface area is 115 Å². The summed E-state index contributed by atoms with van der Waals surface area (Å²) >= 11 is 7.45. The molecule has 0 bridgehead atoms. The van der Waals surface area contributed by atoms with Gasteiger partial charge < -0.3 is 5.73 Å². The predicted octanol–water partition coefficient (Wildman–Crippen LogP) is 3.40. The van der Waals surface area contributed by atoms with Crippen LogP contribution < -0.4 is 5.73 Å². The Bertz CT molecular complexity index is 613. The van der Waals surface area contributed by atoms with Gasteiger partial charge in [-0.25, -0.2) is 4.98 Å². The molecule has 1 aromatic heterocycles. The Balaban J connectivity index is 2.39. The summed E-state index contributed by atoms with van der Waals surface area (Å²) in [6.07, 6.45) is 1.49. The second-order valence-corrected chi connectivity index (χ2v) is 5.42. The SMILES string of the molecule is CCc1nc(N)sc1Cc1cc(Cl)ccc1C#N. The van der Waals surface area contributed by atoms with Gasteiger partial charge in [-0.3, -0.25) is 0 Å². The summed E-state index contributed by atoms with van der Waals surface area (Å²) in [6.45, 7) is 2.04. The number of nitrogens with two attached hydrogens (primary N) is 1. The average Bonchev–Trinajstić information content (AvgIpc) is 2.70. The number of thiazole rings is 1. The largest absolute Gasteiger partial charge is 0.375 e. The van der Waals surface area contributed by atoms with Gasteiger partial charge in [-0.05, 0) is 30.2 Å². The molecule has 1 aromatic carbocycles. The zero-order chi connectivity index (χ0) is 13.1. The zero-order valence-electron chi connectivity index (χ0n) is 9.90. The maximum atomic E-state index is 9.09. The number of nitriles is 1. The Hall–Kier alpha value is -1.57. The Kier molecular flexibility index (Phi) is 3.85. The number of nitrogens with zero attached hydrogens (tertiary/aromatic N) is 2. The quantitative estimate of drug-likeness (QED) is 0.935. The molecule has 0 fully saturated rings. The smallest absolute Gasteiger partial charge is 0.180 e. The first-order valence-corrected chi connectivity index (χ1v) is 6.76. The summed E-state index contributed by atoms with van der Waals surface area (Å²) < 4.78 is 0. The number of hydrogen-bond donors (Lipinski definition) is 1. The second-order valence-electron chi connectivity index (χ2n) is 3.87. The Morgan fingerprint density at radius 3 is 2.94 bits per heavy atom. The van der Waals surface area contributed by atoms with Gasteiger partial charge in [0.25, 0.3) is 0 Å². The van der Waals surface area contributed by atoms with Crippen molar-refractivity contribution in [2.45, 2.75) is 19.8 Å². The number of aryl methyl sites for hydroxylation is 1. The summed E-state index contributed by atoms with van der Waals surface area (Å²) in [5, 5.41) is 10.3. The third kappa shape index (κ3) is 2.63. The van der Waals surface area contributed by atoms with Crippen molar-refractivity contribution in [2.24, 2.45) is 0 Å². The van der Waals surface area contributed by atoms with Crippen LogP contribution in [0.4, 0.5) is 5.13 Å². The van der Waals surface area contributed by atoms with E-state index in [4.69, 9.17) is 22.6 Å². The van der Waals surface area contributed by atoms with E-state index in [0.29, 0.717) is 22.1 Å². The normalized spacial score (nSPS) is 10.3. The summed E-state index contributed by atoms with van der Waals surface area (Å²) in [6, 6.07) is 7.48. The first-order chi connectivity index (χ1) is 8.63. The first-order valence-electron chi connectivity index (χ1n) is 5.56. The van der Waals surface area contributed by atoms with E-state index in [1.165, 1.54) is 11.3 Å². The standard InChI is InChI=1S/C13H12ClN3S/c1-2-11-12(18-13(16)17-11)6-9-5-10(14)4-3-8(9)7-15/h3-5H,2,6H2,1H3,(H2,16,17). The van der Waals surface area contributed by atoms with Crippen LogP contribution in [-0.4, -0.2) is 4.98 Å². The molecule has 0 aliphatic heterocycles. The van der Waals surface area contributed by atoms with E-state index in [1.807, 2.05) is 13.0 Å². The highest BCUT2D eigenvalue weighted by molar-refractivity contribution is 7.15. The summed E-state index contributed by atoms with van der Waals surface area (Å²) in [7, 11) is 0. The van der Waals surface area contributed by atoms with Crippen molar-refractivity contribution in [3.63, 3.8) is 0 Å². The monoisotopic (exact) mass is 277 g/mol. The van der Waals surface area contributed by atoms with Crippen molar-refractivity contribution in [3.05, 3.63) is 44.9 Å². The molecule has 0 aliphatic rings. The fourth-order valence-electron chi connectivity index (χ4n) is 1.81. The van der Waals surface area contributed by atoms with Crippen LogP contribution in [0, 0.1) is 11.3 Å². The number of aromatic nitrogens is 1. The highest BCUT2D eigenvalue weighted by Crippen LogP contribution is 2.26. The fourth-order valence-corrected chi connectivity index (χ4v) is 2.95. The van der Waals surface area contributed by atoms with E-state index in [0.717, 1.165) is 22.6 Å². The molecule has 0 aliphatic carbocycles. The average molecular weight is 278 g/mol. The summed E-state index contributed by atoms with van der Waals surface area (Å²) in [4.78, 5) is 5.39. The maximum Gasteiger partial charge on any atom is 0.180 e. The van der Waals surface area contributed by atoms with Gasteiger partial charge >= 0.3 is 0 Å². The van der Waals surface area contributed by atoms with E-state index in [2.05, 4.69) is 11.1 Å². The summed E-state index contributed by atoms with van der Waals surface area (Å²) in [5.74, 6) is 0. The van der Waals surface area contributed by atoms with Gasteiger partial charge in [-0.1, -0.05) is 18.5 Å². The van der Waals surface area contributed by atoms with Crippen LogP contribution in [0.2, 0.25) is 5.02 Å². The molecule has 0 saturated heterocycles. The van der Waals surface area contributed by atoms with Gasteiger partial charge in [-0.2, -0.15) is 5.26 Å². The lowest BCUT2D eigenvalue weighted by molar-refractivity contribution is 1.02. The molecule has 2 N–H and O–H groups in total. The second kappa shape index (κ2) is 5.38. The number of anilines is 1. The molecular weight excluding hydrogens is 266 g/mol. The number of rotatable bonds is 3. The molecule has 0 amide bonds. The van der Waals surface area contributed by atoms with Crippen LogP contribution in [0.3, 0.4) is 0 Å². The summed E-state index contributed by atoms with van der Waals surface area (Å²) in [5.41, 5.74) is 8.29. The minimum atomic E-state index is 0.572. The van der Waals surface area contributed by atoms with Crippen LogP contribution >= 0.6 is 22.9 Å². The number of nitrogen functional groups attached to an aromatic ring is 1. The van der Waals surface area contributed by atoms with Crippen molar-refractivity contribution in [3.8, 4) is 6.07 Å². The van der Waals surface area contributed by atoms with Gasteiger partial charge in [0.15, 0.2) is 5.13 Å². The Morgan fingerprint density at radius 1 is 1.50 bits per heavy atom. The van der Waals surface area contributed by atoms with E-state index in [1.54, 1.807) is 12.1 Å². The van der Waals surface area contributed by atoms with Crippen LogP contribution in [-0.2, 0) is 12.8 Å². The van der Waals surface area contributed by atoms with E-state index in [9.17, 15) is 0 Å². The molecular formula is C13H12ClN3S. The lowest BCUT2D eigenvalue weighted by atomic mass is 10.0. The Morgan fingerprint density at radius 2 is 2.28 bits per heavy atom. The zero-order valence-corrected chi connectivity index (χ0v) is 11.5. The molecule has 0 unspecified atom stereocenters.